The van der Waals surface area contributed by atoms with Crippen LogP contribution in [-0.4, -0.2) is 44.2 Å². The van der Waals surface area contributed by atoms with Crippen LogP contribution < -0.4 is 5.32 Å². The summed E-state index contributed by atoms with van der Waals surface area (Å²) in [5.74, 6) is 0.0308. The van der Waals surface area contributed by atoms with Crippen LogP contribution in [0.3, 0.4) is 0 Å². The summed E-state index contributed by atoms with van der Waals surface area (Å²) in [7, 11) is -3.03. The number of nitrogens with zero attached hydrogens (tertiary/aromatic N) is 1. The Morgan fingerprint density at radius 1 is 1.32 bits per heavy atom. The molecule has 1 aromatic rings. The molecule has 1 saturated heterocycles. The molecular formula is C16H25FN2O2S. The van der Waals surface area contributed by atoms with E-state index >= 15 is 0 Å². The molecule has 0 bridgehead atoms. The molecule has 22 heavy (non-hydrogen) atoms. The van der Waals surface area contributed by atoms with Crippen LogP contribution in [-0.2, 0) is 15.4 Å². The van der Waals surface area contributed by atoms with Crippen molar-refractivity contribution in [1.82, 2.24) is 9.62 Å². The Bertz CT molecular complexity index is 599. The predicted molar refractivity (Wildman–Crippen MR) is 86.9 cm³/mol. The van der Waals surface area contributed by atoms with Crippen LogP contribution >= 0.6 is 0 Å². The van der Waals surface area contributed by atoms with E-state index in [1.165, 1.54) is 12.1 Å². The van der Waals surface area contributed by atoms with Gasteiger partial charge in [-0.2, -0.15) is 0 Å². The fraction of sp³-hybridized carbons (Fsp3) is 0.625. The van der Waals surface area contributed by atoms with Crippen molar-refractivity contribution in [2.45, 2.75) is 38.6 Å². The number of hydrogen-bond acceptors (Lipinski definition) is 3. The Balaban J connectivity index is 1.91. The number of nitrogens with one attached hydrogen (secondary N) is 1. The van der Waals surface area contributed by atoms with Crippen LogP contribution in [0.5, 0.6) is 0 Å². The summed E-state index contributed by atoms with van der Waals surface area (Å²) in [6.45, 7) is 8.02. The van der Waals surface area contributed by atoms with Gasteiger partial charge in [-0.15, -0.1) is 0 Å². The number of halogens is 1. The zero-order chi connectivity index (χ0) is 16.4. The Labute approximate surface area is 132 Å². The third kappa shape index (κ3) is 3.86. The summed E-state index contributed by atoms with van der Waals surface area (Å²) in [6.07, 6.45) is 0.721. The lowest BCUT2D eigenvalue weighted by molar-refractivity contribution is 0.344. The van der Waals surface area contributed by atoms with Gasteiger partial charge in [0.25, 0.3) is 0 Å². The Hall–Kier alpha value is -0.980. The van der Waals surface area contributed by atoms with E-state index < -0.39 is 10.0 Å². The van der Waals surface area contributed by atoms with E-state index in [1.54, 1.807) is 16.4 Å². The standard InChI is InChI=1S/C16H25FN2O2S/c1-13(16(2,3)14-5-7-15(17)8-6-14)18-9-11-19-10-4-12-22(19,20)21/h5-8,13,18H,4,9-12H2,1-3H3/t13-/m1/s1. The number of benzene rings is 1. The summed E-state index contributed by atoms with van der Waals surface area (Å²) < 4.78 is 38.1. The van der Waals surface area contributed by atoms with Gasteiger partial charge >= 0.3 is 0 Å². The van der Waals surface area contributed by atoms with E-state index in [-0.39, 0.29) is 23.0 Å². The first-order valence-electron chi connectivity index (χ1n) is 7.71. The minimum Gasteiger partial charge on any atom is -0.312 e. The van der Waals surface area contributed by atoms with Crippen molar-refractivity contribution in [2.75, 3.05) is 25.4 Å². The van der Waals surface area contributed by atoms with Crippen molar-refractivity contribution >= 4 is 10.0 Å². The summed E-state index contributed by atoms with van der Waals surface area (Å²) in [6, 6.07) is 6.70. The molecule has 1 heterocycles. The Kier molecular flexibility index (Phi) is 5.25. The van der Waals surface area contributed by atoms with Crippen molar-refractivity contribution in [3.63, 3.8) is 0 Å². The third-order valence-corrected chi connectivity index (χ3v) is 6.64. The number of rotatable bonds is 6. The normalized spacial score (nSPS) is 20.2. The first kappa shape index (κ1) is 17.4. The molecule has 124 valence electrons. The van der Waals surface area contributed by atoms with Gasteiger partial charge in [0, 0.05) is 31.1 Å². The van der Waals surface area contributed by atoms with Crippen molar-refractivity contribution in [3.8, 4) is 0 Å². The molecule has 1 N–H and O–H groups in total. The number of hydrogen-bond donors (Lipinski definition) is 1. The van der Waals surface area contributed by atoms with Crippen LogP contribution in [0.4, 0.5) is 4.39 Å². The molecule has 2 rings (SSSR count). The van der Waals surface area contributed by atoms with Gasteiger partial charge in [-0.3, -0.25) is 0 Å². The number of sulfonamides is 1. The molecule has 1 atom stereocenters. The second-order valence-electron chi connectivity index (χ2n) is 6.47. The largest absolute Gasteiger partial charge is 0.312 e. The maximum Gasteiger partial charge on any atom is 0.214 e. The van der Waals surface area contributed by atoms with Crippen molar-refractivity contribution in [2.24, 2.45) is 0 Å². The van der Waals surface area contributed by atoms with Crippen molar-refractivity contribution in [1.29, 1.82) is 0 Å². The summed E-state index contributed by atoms with van der Waals surface area (Å²) >= 11 is 0. The molecule has 0 aliphatic carbocycles. The highest BCUT2D eigenvalue weighted by Crippen LogP contribution is 2.27. The molecule has 0 spiro atoms. The quantitative estimate of drug-likeness (QED) is 0.870. The molecule has 4 nitrogen and oxygen atoms in total. The maximum absolute atomic E-state index is 13.0. The summed E-state index contributed by atoms with van der Waals surface area (Å²) in [4.78, 5) is 0. The van der Waals surface area contributed by atoms with Gasteiger partial charge in [-0.1, -0.05) is 26.0 Å². The van der Waals surface area contributed by atoms with Gasteiger partial charge in [-0.05, 0) is 31.0 Å². The van der Waals surface area contributed by atoms with Gasteiger partial charge in [0.2, 0.25) is 10.0 Å². The zero-order valence-corrected chi connectivity index (χ0v) is 14.3. The van der Waals surface area contributed by atoms with Gasteiger partial charge in [0.15, 0.2) is 0 Å². The molecule has 0 radical (unpaired) electrons. The van der Waals surface area contributed by atoms with Gasteiger partial charge in [-0.25, -0.2) is 17.1 Å². The lowest BCUT2D eigenvalue weighted by atomic mass is 9.78. The average molecular weight is 328 g/mol. The molecule has 1 fully saturated rings. The molecule has 0 unspecified atom stereocenters. The average Bonchev–Trinajstić information content (AvgIpc) is 2.78. The van der Waals surface area contributed by atoms with E-state index in [1.807, 2.05) is 0 Å². The summed E-state index contributed by atoms with van der Waals surface area (Å²) in [5, 5.41) is 3.40. The Morgan fingerprint density at radius 2 is 1.95 bits per heavy atom. The van der Waals surface area contributed by atoms with E-state index in [0.717, 1.165) is 12.0 Å². The van der Waals surface area contributed by atoms with Gasteiger partial charge < -0.3 is 5.32 Å². The smallest absolute Gasteiger partial charge is 0.214 e. The minimum absolute atomic E-state index is 0.142. The second kappa shape index (κ2) is 6.64. The van der Waals surface area contributed by atoms with E-state index in [2.05, 4.69) is 26.1 Å². The second-order valence-corrected chi connectivity index (χ2v) is 8.56. The monoisotopic (exact) mass is 328 g/mol. The first-order valence-corrected chi connectivity index (χ1v) is 9.31. The third-order valence-electron chi connectivity index (χ3n) is 4.69. The highest BCUT2D eigenvalue weighted by Gasteiger charge is 2.30. The first-order chi connectivity index (χ1) is 10.2. The van der Waals surface area contributed by atoms with Gasteiger partial charge in [0.05, 0.1) is 5.75 Å². The van der Waals surface area contributed by atoms with Crippen molar-refractivity contribution in [3.05, 3.63) is 35.6 Å². The molecule has 1 aliphatic rings. The highest BCUT2D eigenvalue weighted by atomic mass is 32.2. The molecule has 1 aliphatic heterocycles. The fourth-order valence-corrected chi connectivity index (χ4v) is 4.26. The molecule has 0 aromatic heterocycles. The van der Waals surface area contributed by atoms with E-state index in [9.17, 15) is 12.8 Å². The minimum atomic E-state index is -3.03. The topological polar surface area (TPSA) is 49.4 Å². The molecule has 0 amide bonds. The molecule has 0 saturated carbocycles. The molecular weight excluding hydrogens is 303 g/mol. The van der Waals surface area contributed by atoms with Crippen LogP contribution in [0.15, 0.2) is 24.3 Å². The van der Waals surface area contributed by atoms with Crippen LogP contribution in [0.2, 0.25) is 0 Å². The van der Waals surface area contributed by atoms with E-state index in [0.29, 0.717) is 19.6 Å². The SMILES string of the molecule is C[C@@H](NCCN1CCCS1(=O)=O)C(C)(C)c1ccc(F)cc1. The summed E-state index contributed by atoms with van der Waals surface area (Å²) in [5.41, 5.74) is 0.889. The Morgan fingerprint density at radius 3 is 2.50 bits per heavy atom. The van der Waals surface area contributed by atoms with Crippen LogP contribution in [0.25, 0.3) is 0 Å². The fourth-order valence-electron chi connectivity index (χ4n) is 2.73. The maximum atomic E-state index is 13.0. The lowest BCUT2D eigenvalue weighted by Crippen LogP contribution is -2.45. The van der Waals surface area contributed by atoms with Gasteiger partial charge in [0.1, 0.15) is 5.82 Å². The van der Waals surface area contributed by atoms with Crippen molar-refractivity contribution < 1.29 is 12.8 Å². The predicted octanol–water partition coefficient (Wildman–Crippen LogP) is 2.12. The van der Waals surface area contributed by atoms with E-state index in [4.69, 9.17) is 0 Å². The molecule has 1 aromatic carbocycles. The lowest BCUT2D eigenvalue weighted by Gasteiger charge is -2.33. The van der Waals surface area contributed by atoms with Crippen LogP contribution in [0, 0.1) is 5.82 Å². The highest BCUT2D eigenvalue weighted by molar-refractivity contribution is 7.89. The zero-order valence-electron chi connectivity index (χ0n) is 13.5. The van der Waals surface area contributed by atoms with Crippen LogP contribution in [0.1, 0.15) is 32.8 Å². The molecule has 6 heteroatoms.